The number of rotatable bonds is 5. The van der Waals surface area contributed by atoms with Crippen molar-refractivity contribution in [2.75, 3.05) is 19.6 Å². The third kappa shape index (κ3) is 4.29. The van der Waals surface area contributed by atoms with Crippen LogP contribution in [0.2, 0.25) is 0 Å². The van der Waals surface area contributed by atoms with Gasteiger partial charge in [0, 0.05) is 37.3 Å². The first-order valence-electron chi connectivity index (χ1n) is 10.5. The second-order valence-corrected chi connectivity index (χ2v) is 8.49. The van der Waals surface area contributed by atoms with Gasteiger partial charge in [-0.15, -0.1) is 0 Å². The molecule has 26 heavy (non-hydrogen) atoms. The number of piperidine rings is 2. The van der Waals surface area contributed by atoms with Crippen molar-refractivity contribution >= 4 is 5.91 Å². The topological polar surface area (TPSA) is 35.6 Å². The van der Waals surface area contributed by atoms with Crippen LogP contribution in [-0.4, -0.2) is 53.5 Å². The van der Waals surface area contributed by atoms with Gasteiger partial charge in [-0.3, -0.25) is 9.69 Å². The zero-order valence-electron chi connectivity index (χ0n) is 16.1. The normalized spacial score (nSPS) is 28.8. The summed E-state index contributed by atoms with van der Waals surface area (Å²) in [4.78, 5) is 17.8. The Hall–Kier alpha value is -1.39. The molecular weight excluding hydrogens is 322 g/mol. The van der Waals surface area contributed by atoms with Gasteiger partial charge in [0.05, 0.1) is 6.54 Å². The van der Waals surface area contributed by atoms with E-state index in [-0.39, 0.29) is 5.91 Å². The number of benzene rings is 1. The van der Waals surface area contributed by atoms with Crippen molar-refractivity contribution in [3.05, 3.63) is 35.9 Å². The second kappa shape index (κ2) is 8.10. The zero-order valence-corrected chi connectivity index (χ0v) is 16.1. The lowest BCUT2D eigenvalue weighted by Gasteiger charge is -2.41. The molecule has 4 rings (SSSR count). The van der Waals surface area contributed by atoms with Gasteiger partial charge in [-0.25, -0.2) is 0 Å². The van der Waals surface area contributed by atoms with Crippen LogP contribution in [0, 0.1) is 0 Å². The first-order chi connectivity index (χ1) is 12.7. The van der Waals surface area contributed by atoms with Crippen LogP contribution in [0.15, 0.2) is 30.3 Å². The highest BCUT2D eigenvalue weighted by molar-refractivity contribution is 5.78. The zero-order chi connectivity index (χ0) is 17.9. The highest BCUT2D eigenvalue weighted by Crippen LogP contribution is 2.34. The molecule has 2 saturated heterocycles. The van der Waals surface area contributed by atoms with Crippen molar-refractivity contribution in [2.45, 2.75) is 76.0 Å². The summed E-state index contributed by atoms with van der Waals surface area (Å²) >= 11 is 0. The van der Waals surface area contributed by atoms with Crippen LogP contribution >= 0.6 is 0 Å². The van der Waals surface area contributed by atoms with Crippen LogP contribution in [-0.2, 0) is 4.79 Å². The van der Waals surface area contributed by atoms with E-state index in [4.69, 9.17) is 0 Å². The van der Waals surface area contributed by atoms with E-state index in [1.807, 2.05) is 0 Å². The molecule has 142 valence electrons. The molecule has 4 nitrogen and oxygen atoms in total. The van der Waals surface area contributed by atoms with Gasteiger partial charge in [0.15, 0.2) is 0 Å². The van der Waals surface area contributed by atoms with Crippen molar-refractivity contribution in [3.63, 3.8) is 0 Å². The SMILES string of the molecule is CC1CCCC(c2ccccc2)N1CC(=O)NC1CCN(C2CC2)CC1. The summed E-state index contributed by atoms with van der Waals surface area (Å²) in [6.07, 6.45) is 8.57. The number of amides is 1. The predicted molar refractivity (Wildman–Crippen MR) is 105 cm³/mol. The summed E-state index contributed by atoms with van der Waals surface area (Å²) in [6, 6.07) is 12.8. The smallest absolute Gasteiger partial charge is 0.234 e. The Labute approximate surface area is 157 Å². The Morgan fingerprint density at radius 1 is 1.04 bits per heavy atom. The van der Waals surface area contributed by atoms with Gasteiger partial charge in [-0.1, -0.05) is 36.8 Å². The largest absolute Gasteiger partial charge is 0.352 e. The lowest BCUT2D eigenvalue weighted by atomic mass is 9.91. The number of hydrogen-bond acceptors (Lipinski definition) is 3. The molecule has 1 aliphatic carbocycles. The maximum Gasteiger partial charge on any atom is 0.234 e. The van der Waals surface area contributed by atoms with E-state index in [1.54, 1.807) is 0 Å². The highest BCUT2D eigenvalue weighted by atomic mass is 16.2. The molecule has 2 atom stereocenters. The summed E-state index contributed by atoms with van der Waals surface area (Å²) in [7, 11) is 0. The molecule has 0 bridgehead atoms. The van der Waals surface area contributed by atoms with Crippen LogP contribution < -0.4 is 5.32 Å². The van der Waals surface area contributed by atoms with Gasteiger partial charge in [0.2, 0.25) is 5.91 Å². The van der Waals surface area contributed by atoms with Crippen LogP contribution in [0.1, 0.15) is 63.5 Å². The molecule has 2 unspecified atom stereocenters. The number of nitrogens with zero attached hydrogens (tertiary/aromatic N) is 2. The summed E-state index contributed by atoms with van der Waals surface area (Å²) in [5, 5.41) is 3.33. The Morgan fingerprint density at radius 3 is 2.46 bits per heavy atom. The van der Waals surface area contributed by atoms with Gasteiger partial charge < -0.3 is 10.2 Å². The van der Waals surface area contributed by atoms with Gasteiger partial charge in [0.25, 0.3) is 0 Å². The molecule has 1 saturated carbocycles. The summed E-state index contributed by atoms with van der Waals surface area (Å²) < 4.78 is 0. The van der Waals surface area contributed by atoms with Gasteiger partial charge >= 0.3 is 0 Å². The molecule has 2 heterocycles. The molecule has 1 amide bonds. The molecule has 1 N–H and O–H groups in total. The molecule has 0 aromatic heterocycles. The average molecular weight is 356 g/mol. The maximum absolute atomic E-state index is 12.8. The molecule has 0 spiro atoms. The minimum absolute atomic E-state index is 0.213. The Bertz CT molecular complexity index is 593. The molecule has 4 heteroatoms. The first kappa shape index (κ1) is 18.0. The van der Waals surface area contributed by atoms with E-state index in [9.17, 15) is 4.79 Å². The Morgan fingerprint density at radius 2 is 1.77 bits per heavy atom. The number of carbonyl (C=O) groups is 1. The number of carbonyl (C=O) groups excluding carboxylic acids is 1. The first-order valence-corrected chi connectivity index (χ1v) is 10.5. The summed E-state index contributed by atoms with van der Waals surface area (Å²) in [6.45, 7) is 5.12. The molecule has 3 fully saturated rings. The van der Waals surface area contributed by atoms with E-state index in [0.29, 0.717) is 24.7 Å². The molecule has 1 aromatic carbocycles. The monoisotopic (exact) mass is 355 g/mol. The second-order valence-electron chi connectivity index (χ2n) is 8.49. The predicted octanol–water partition coefficient (Wildman–Crippen LogP) is 3.35. The average Bonchev–Trinajstić information content (AvgIpc) is 3.50. The molecule has 0 radical (unpaired) electrons. The van der Waals surface area contributed by atoms with Crippen molar-refractivity contribution < 1.29 is 4.79 Å². The fourth-order valence-electron chi connectivity index (χ4n) is 4.83. The number of nitrogens with one attached hydrogen (secondary N) is 1. The van der Waals surface area contributed by atoms with Crippen LogP contribution in [0.4, 0.5) is 0 Å². The minimum Gasteiger partial charge on any atom is -0.352 e. The molecule has 3 aliphatic rings. The van der Waals surface area contributed by atoms with Crippen molar-refractivity contribution in [2.24, 2.45) is 0 Å². The van der Waals surface area contributed by atoms with Gasteiger partial charge in [0.1, 0.15) is 0 Å². The van der Waals surface area contributed by atoms with E-state index in [1.165, 1.54) is 31.2 Å². The van der Waals surface area contributed by atoms with Crippen molar-refractivity contribution in [1.29, 1.82) is 0 Å². The van der Waals surface area contributed by atoms with E-state index in [0.717, 1.165) is 38.4 Å². The summed E-state index contributed by atoms with van der Waals surface area (Å²) in [5.41, 5.74) is 1.35. The Kier molecular flexibility index (Phi) is 5.60. The van der Waals surface area contributed by atoms with Crippen LogP contribution in [0.5, 0.6) is 0 Å². The molecular formula is C22H33N3O. The summed E-state index contributed by atoms with van der Waals surface area (Å²) in [5.74, 6) is 0.213. The fourth-order valence-corrected chi connectivity index (χ4v) is 4.83. The molecule has 2 aliphatic heterocycles. The minimum atomic E-state index is 0.213. The number of hydrogen-bond donors (Lipinski definition) is 1. The quantitative estimate of drug-likeness (QED) is 0.880. The highest BCUT2D eigenvalue weighted by Gasteiger charge is 2.33. The molecule has 1 aromatic rings. The van der Waals surface area contributed by atoms with E-state index >= 15 is 0 Å². The van der Waals surface area contributed by atoms with Gasteiger partial charge in [-0.05, 0) is 51.0 Å². The maximum atomic E-state index is 12.8. The third-order valence-electron chi connectivity index (χ3n) is 6.53. The van der Waals surface area contributed by atoms with Crippen molar-refractivity contribution in [1.82, 2.24) is 15.1 Å². The third-order valence-corrected chi connectivity index (χ3v) is 6.53. The standard InChI is InChI=1S/C22H33N3O/c1-17-6-5-9-21(18-7-3-2-4-8-18)25(17)16-22(26)23-19-12-14-24(15-13-19)20-10-11-20/h2-4,7-8,17,19-21H,5-6,9-16H2,1H3,(H,23,26). The van der Waals surface area contributed by atoms with E-state index < -0.39 is 0 Å². The van der Waals surface area contributed by atoms with E-state index in [2.05, 4.69) is 52.4 Å². The lowest BCUT2D eigenvalue weighted by molar-refractivity contribution is -0.125. The van der Waals surface area contributed by atoms with Gasteiger partial charge in [-0.2, -0.15) is 0 Å². The Balaban J connectivity index is 1.32. The van der Waals surface area contributed by atoms with Crippen molar-refractivity contribution in [3.8, 4) is 0 Å². The fraction of sp³-hybridized carbons (Fsp3) is 0.682. The number of likely N-dealkylation sites (tertiary alicyclic amines) is 2. The van der Waals surface area contributed by atoms with Crippen LogP contribution in [0.25, 0.3) is 0 Å². The lowest BCUT2D eigenvalue weighted by Crippen LogP contribution is -2.50. The van der Waals surface area contributed by atoms with Crippen LogP contribution in [0.3, 0.4) is 0 Å².